The van der Waals surface area contributed by atoms with Crippen LogP contribution in [0.1, 0.15) is 11.3 Å². The smallest absolute Gasteiger partial charge is 0.393 e. The number of anilines is 5. The fraction of sp³-hybridized carbons (Fsp3) is 0.133. The van der Waals surface area contributed by atoms with E-state index in [1.165, 1.54) is 6.33 Å². The molecule has 0 aliphatic rings. The van der Waals surface area contributed by atoms with Gasteiger partial charge in [0, 0.05) is 6.07 Å². The number of alkyl halides is 3. The highest BCUT2D eigenvalue weighted by Crippen LogP contribution is 2.36. The molecule has 0 aliphatic carbocycles. The van der Waals surface area contributed by atoms with Crippen LogP contribution in [-0.2, 0) is 6.18 Å². The molecule has 2 heterocycles. The molecular weight excluding hydrogens is 373 g/mol. The molecule has 0 radical (unpaired) electrons. The largest absolute Gasteiger partial charge is 0.416 e. The molecule has 7 nitrogen and oxygen atoms in total. The molecule has 0 fully saturated rings. The maximum absolute atomic E-state index is 12.9. The van der Waals surface area contributed by atoms with Gasteiger partial charge in [-0.3, -0.25) is 0 Å². The van der Waals surface area contributed by atoms with Gasteiger partial charge < -0.3 is 20.9 Å². The van der Waals surface area contributed by atoms with Gasteiger partial charge in [-0.15, -0.1) is 0 Å². The number of hydrogen-bond donors (Lipinski definition) is 3. The Kier molecular flexibility index (Phi) is 4.60. The molecule has 0 saturated heterocycles. The number of hydrogen-bond acceptors (Lipinski definition) is 7. The van der Waals surface area contributed by atoms with Gasteiger partial charge in [-0.2, -0.15) is 13.2 Å². The van der Waals surface area contributed by atoms with Gasteiger partial charge in [0.05, 0.1) is 16.3 Å². The van der Waals surface area contributed by atoms with Crippen molar-refractivity contribution in [1.29, 1.82) is 0 Å². The lowest BCUT2D eigenvalue weighted by molar-refractivity contribution is -0.137. The first-order chi connectivity index (χ1) is 12.2. The van der Waals surface area contributed by atoms with E-state index < -0.39 is 11.7 Å². The van der Waals surface area contributed by atoms with Gasteiger partial charge in [0.1, 0.15) is 17.8 Å². The van der Waals surface area contributed by atoms with Crippen molar-refractivity contribution in [1.82, 2.24) is 15.1 Å². The van der Waals surface area contributed by atoms with E-state index in [1.54, 1.807) is 13.0 Å². The number of nitrogens with zero attached hydrogens (tertiary/aromatic N) is 3. The van der Waals surface area contributed by atoms with Crippen molar-refractivity contribution < 1.29 is 17.7 Å². The van der Waals surface area contributed by atoms with Crippen LogP contribution in [0, 0.1) is 6.92 Å². The summed E-state index contributed by atoms with van der Waals surface area (Å²) >= 11 is 5.97. The van der Waals surface area contributed by atoms with Gasteiger partial charge in [-0.1, -0.05) is 16.8 Å². The zero-order valence-corrected chi connectivity index (χ0v) is 14.0. The number of aryl methyl sites for hydroxylation is 1. The second-order valence-corrected chi connectivity index (χ2v) is 5.66. The Labute approximate surface area is 150 Å². The minimum Gasteiger partial charge on any atom is -0.393 e. The molecule has 0 spiro atoms. The fourth-order valence-corrected chi connectivity index (χ4v) is 2.23. The SMILES string of the molecule is Cc1cc(Nc2ncnc(Nc3cc(C(F)(F)F)ccc3Cl)c2N)no1. The highest BCUT2D eigenvalue weighted by molar-refractivity contribution is 6.33. The lowest BCUT2D eigenvalue weighted by Crippen LogP contribution is -2.08. The number of nitrogens with one attached hydrogen (secondary N) is 2. The van der Waals surface area contributed by atoms with Crippen molar-refractivity contribution in [3.05, 3.63) is 46.9 Å². The third-order valence-corrected chi connectivity index (χ3v) is 3.63. The van der Waals surface area contributed by atoms with Crippen molar-refractivity contribution in [3.8, 4) is 0 Å². The summed E-state index contributed by atoms with van der Waals surface area (Å²) in [4.78, 5) is 7.93. The summed E-state index contributed by atoms with van der Waals surface area (Å²) in [6, 6.07) is 4.52. The summed E-state index contributed by atoms with van der Waals surface area (Å²) in [7, 11) is 0. The Hall–Kier alpha value is -3.01. The number of benzene rings is 1. The number of nitrogen functional groups attached to an aromatic ring is 1. The van der Waals surface area contributed by atoms with E-state index >= 15 is 0 Å². The van der Waals surface area contributed by atoms with Crippen LogP contribution in [0.5, 0.6) is 0 Å². The van der Waals surface area contributed by atoms with Crippen molar-refractivity contribution in [2.45, 2.75) is 13.1 Å². The topological polar surface area (TPSA) is 102 Å². The normalized spacial score (nSPS) is 11.4. The highest BCUT2D eigenvalue weighted by Gasteiger charge is 2.31. The molecule has 0 aliphatic heterocycles. The molecule has 4 N–H and O–H groups in total. The van der Waals surface area contributed by atoms with Crippen molar-refractivity contribution in [2.75, 3.05) is 16.4 Å². The minimum absolute atomic E-state index is 0.00937. The van der Waals surface area contributed by atoms with Gasteiger partial charge in [0.15, 0.2) is 17.5 Å². The molecule has 3 rings (SSSR count). The van der Waals surface area contributed by atoms with E-state index in [4.69, 9.17) is 21.9 Å². The molecule has 11 heteroatoms. The number of nitrogens with two attached hydrogens (primary N) is 1. The van der Waals surface area contributed by atoms with Gasteiger partial charge >= 0.3 is 6.18 Å². The highest BCUT2D eigenvalue weighted by atomic mass is 35.5. The Morgan fingerprint density at radius 1 is 1.12 bits per heavy atom. The van der Waals surface area contributed by atoms with E-state index in [9.17, 15) is 13.2 Å². The molecule has 0 unspecified atom stereocenters. The lowest BCUT2D eigenvalue weighted by Gasteiger charge is -2.14. The van der Waals surface area contributed by atoms with E-state index in [-0.39, 0.29) is 28.0 Å². The van der Waals surface area contributed by atoms with Gasteiger partial charge in [0.25, 0.3) is 0 Å². The maximum atomic E-state index is 12.9. The zero-order valence-electron chi connectivity index (χ0n) is 13.2. The van der Waals surface area contributed by atoms with E-state index in [1.807, 2.05) is 0 Å². The molecule has 0 saturated carbocycles. The van der Waals surface area contributed by atoms with Crippen LogP contribution in [0.2, 0.25) is 5.02 Å². The molecular formula is C15H12ClF3N6O. The molecule has 3 aromatic rings. The number of halogens is 4. The Morgan fingerprint density at radius 2 is 1.81 bits per heavy atom. The monoisotopic (exact) mass is 384 g/mol. The molecule has 1 aromatic carbocycles. The number of aromatic nitrogens is 3. The number of rotatable bonds is 4. The van der Waals surface area contributed by atoms with Crippen LogP contribution < -0.4 is 16.4 Å². The first-order valence-corrected chi connectivity index (χ1v) is 7.56. The van der Waals surface area contributed by atoms with Crippen molar-refractivity contribution >= 4 is 40.4 Å². The van der Waals surface area contributed by atoms with E-state index in [0.29, 0.717) is 11.6 Å². The molecule has 0 amide bonds. The standard InChI is InChI=1S/C15H12ClF3N6O/c1-7-4-11(25-26-7)24-14-12(20)13(21-6-22-14)23-10-5-8(15(17,18)19)2-3-9(10)16/h2-6H,20H2,1H3,(H2,21,22,23,24,25). The van der Waals surface area contributed by atoms with Gasteiger partial charge in [-0.25, -0.2) is 9.97 Å². The quantitative estimate of drug-likeness (QED) is 0.608. The van der Waals surface area contributed by atoms with Gasteiger partial charge in [-0.05, 0) is 25.1 Å². The van der Waals surface area contributed by atoms with E-state index in [0.717, 1.165) is 18.2 Å². The first kappa shape index (κ1) is 17.8. The second kappa shape index (κ2) is 6.71. The van der Waals surface area contributed by atoms with Crippen LogP contribution in [0.3, 0.4) is 0 Å². The van der Waals surface area contributed by atoms with Crippen molar-refractivity contribution in [2.24, 2.45) is 0 Å². The van der Waals surface area contributed by atoms with Crippen LogP contribution in [0.25, 0.3) is 0 Å². The second-order valence-electron chi connectivity index (χ2n) is 5.25. The van der Waals surface area contributed by atoms with Crippen molar-refractivity contribution in [3.63, 3.8) is 0 Å². The molecule has 0 atom stereocenters. The molecule has 26 heavy (non-hydrogen) atoms. The fourth-order valence-electron chi connectivity index (χ4n) is 2.07. The summed E-state index contributed by atoms with van der Waals surface area (Å²) in [6.07, 6.45) is -3.31. The van der Waals surface area contributed by atoms with Crippen LogP contribution in [0.15, 0.2) is 35.1 Å². The Morgan fingerprint density at radius 3 is 2.42 bits per heavy atom. The lowest BCUT2D eigenvalue weighted by atomic mass is 10.2. The molecule has 2 aromatic heterocycles. The first-order valence-electron chi connectivity index (χ1n) is 7.18. The summed E-state index contributed by atoms with van der Waals surface area (Å²) in [5.41, 5.74) is 5.21. The Bertz CT molecular complexity index is 943. The molecule has 0 bridgehead atoms. The third-order valence-electron chi connectivity index (χ3n) is 3.31. The average molecular weight is 385 g/mol. The van der Waals surface area contributed by atoms with Crippen LogP contribution in [-0.4, -0.2) is 15.1 Å². The average Bonchev–Trinajstić information content (AvgIpc) is 2.97. The van der Waals surface area contributed by atoms with E-state index in [2.05, 4.69) is 25.8 Å². The summed E-state index contributed by atoms with van der Waals surface area (Å²) in [5, 5.41) is 9.36. The molecule has 136 valence electrons. The van der Waals surface area contributed by atoms with Crippen LogP contribution >= 0.6 is 11.6 Å². The minimum atomic E-state index is -4.50. The zero-order chi connectivity index (χ0) is 18.9. The summed E-state index contributed by atoms with van der Waals surface area (Å²) in [5.74, 6) is 1.24. The third kappa shape index (κ3) is 3.80. The summed E-state index contributed by atoms with van der Waals surface area (Å²) in [6.45, 7) is 1.71. The van der Waals surface area contributed by atoms with Gasteiger partial charge in [0.2, 0.25) is 0 Å². The predicted molar refractivity (Wildman–Crippen MR) is 90.7 cm³/mol. The summed E-state index contributed by atoms with van der Waals surface area (Å²) < 4.78 is 43.6. The Balaban J connectivity index is 1.90. The van der Waals surface area contributed by atoms with Crippen LogP contribution in [0.4, 0.5) is 42.0 Å². The maximum Gasteiger partial charge on any atom is 0.416 e. The predicted octanol–water partition coefficient (Wildman–Crippen LogP) is 4.51.